The van der Waals surface area contributed by atoms with Crippen LogP contribution in [0.15, 0.2) is 57.7 Å². The third-order valence-corrected chi connectivity index (χ3v) is 3.98. The Kier molecular flexibility index (Phi) is 4.84. The van der Waals surface area contributed by atoms with Crippen molar-refractivity contribution in [3.05, 3.63) is 75.8 Å². The van der Waals surface area contributed by atoms with Gasteiger partial charge in [-0.1, -0.05) is 29.8 Å². The average Bonchev–Trinajstić information content (AvgIpc) is 2.62. The van der Waals surface area contributed by atoms with Gasteiger partial charge in [0.15, 0.2) is 5.76 Å². The largest absolute Gasteiger partial charge is 0.497 e. The summed E-state index contributed by atoms with van der Waals surface area (Å²) in [4.78, 5) is 24.3. The van der Waals surface area contributed by atoms with Crippen LogP contribution in [0.2, 0.25) is 0 Å². The van der Waals surface area contributed by atoms with E-state index >= 15 is 0 Å². The Labute approximate surface area is 145 Å². The van der Waals surface area contributed by atoms with Crippen molar-refractivity contribution in [1.82, 2.24) is 5.32 Å². The summed E-state index contributed by atoms with van der Waals surface area (Å²) in [5.41, 5.74) is 1.52. The van der Waals surface area contributed by atoms with Gasteiger partial charge in [0.05, 0.1) is 12.5 Å². The molecule has 3 rings (SSSR count). The standard InChI is InChI=1S/C20H19NO4/c1-13-6-7-15-12-18(25-20(23)17(15)10-13)19(22)21-9-8-14-4-3-5-16(11-14)24-2/h3-7,10-12H,8-9H2,1-2H3,(H,21,22). The van der Waals surface area contributed by atoms with Crippen molar-refractivity contribution in [2.75, 3.05) is 13.7 Å². The zero-order chi connectivity index (χ0) is 17.8. The number of carbonyl (C=O) groups excluding carboxylic acids is 1. The lowest BCUT2D eigenvalue weighted by Gasteiger charge is -2.07. The smallest absolute Gasteiger partial charge is 0.344 e. The number of methoxy groups -OCH3 is 1. The first-order chi connectivity index (χ1) is 12.1. The molecule has 5 nitrogen and oxygen atoms in total. The first-order valence-electron chi connectivity index (χ1n) is 8.02. The maximum absolute atomic E-state index is 12.3. The van der Waals surface area contributed by atoms with Gasteiger partial charge < -0.3 is 14.5 Å². The van der Waals surface area contributed by atoms with Crippen molar-refractivity contribution in [2.24, 2.45) is 0 Å². The molecule has 0 radical (unpaired) electrons. The van der Waals surface area contributed by atoms with Crippen molar-refractivity contribution in [1.29, 1.82) is 0 Å². The lowest BCUT2D eigenvalue weighted by Crippen LogP contribution is -2.26. The van der Waals surface area contributed by atoms with Crippen LogP contribution in [-0.2, 0) is 6.42 Å². The number of fused-ring (bicyclic) bond motifs is 1. The molecule has 0 aliphatic rings. The predicted octanol–water partition coefficient (Wildman–Crippen LogP) is 3.08. The third-order valence-electron chi connectivity index (χ3n) is 3.98. The normalized spacial score (nSPS) is 10.6. The molecular weight excluding hydrogens is 318 g/mol. The van der Waals surface area contributed by atoms with E-state index in [1.807, 2.05) is 43.3 Å². The molecule has 128 valence electrons. The van der Waals surface area contributed by atoms with Crippen molar-refractivity contribution in [3.8, 4) is 5.75 Å². The Morgan fingerprint density at radius 3 is 2.80 bits per heavy atom. The number of nitrogens with one attached hydrogen (secondary N) is 1. The van der Waals surface area contributed by atoms with Gasteiger partial charge in [0.1, 0.15) is 5.75 Å². The summed E-state index contributed by atoms with van der Waals surface area (Å²) in [5, 5.41) is 3.95. The van der Waals surface area contributed by atoms with Crippen molar-refractivity contribution < 1.29 is 13.9 Å². The number of carbonyl (C=O) groups is 1. The number of ether oxygens (including phenoxy) is 1. The number of hydrogen-bond acceptors (Lipinski definition) is 4. The Balaban J connectivity index is 1.70. The summed E-state index contributed by atoms with van der Waals surface area (Å²) in [5.74, 6) is 0.397. The van der Waals surface area contributed by atoms with E-state index in [2.05, 4.69) is 5.32 Å². The molecule has 0 unspecified atom stereocenters. The highest BCUT2D eigenvalue weighted by Crippen LogP contribution is 2.15. The maximum Gasteiger partial charge on any atom is 0.344 e. The van der Waals surface area contributed by atoms with Crippen LogP contribution < -0.4 is 15.7 Å². The molecule has 0 fully saturated rings. The summed E-state index contributed by atoms with van der Waals surface area (Å²) < 4.78 is 10.3. The quantitative estimate of drug-likeness (QED) is 0.777. The molecule has 0 bridgehead atoms. The highest BCUT2D eigenvalue weighted by molar-refractivity contribution is 5.95. The lowest BCUT2D eigenvalue weighted by atomic mass is 10.1. The second kappa shape index (κ2) is 7.21. The van der Waals surface area contributed by atoms with Crippen LogP contribution in [0.5, 0.6) is 5.75 Å². The van der Waals surface area contributed by atoms with Crippen LogP contribution >= 0.6 is 0 Å². The topological polar surface area (TPSA) is 68.5 Å². The maximum atomic E-state index is 12.3. The Morgan fingerprint density at radius 2 is 2.00 bits per heavy atom. The minimum Gasteiger partial charge on any atom is -0.497 e. The fourth-order valence-corrected chi connectivity index (χ4v) is 2.65. The van der Waals surface area contributed by atoms with Crippen molar-refractivity contribution in [2.45, 2.75) is 13.3 Å². The predicted molar refractivity (Wildman–Crippen MR) is 96.3 cm³/mol. The number of rotatable bonds is 5. The SMILES string of the molecule is COc1cccc(CCNC(=O)c2cc3ccc(C)cc3c(=O)o2)c1. The highest BCUT2D eigenvalue weighted by Gasteiger charge is 2.12. The molecule has 1 amide bonds. The fraction of sp³-hybridized carbons (Fsp3) is 0.200. The van der Waals surface area contributed by atoms with Crippen LogP contribution in [-0.4, -0.2) is 19.6 Å². The Bertz CT molecular complexity index is 975. The van der Waals surface area contributed by atoms with E-state index in [0.717, 1.165) is 16.9 Å². The molecule has 1 aromatic heterocycles. The van der Waals surface area contributed by atoms with Crippen LogP contribution in [0.25, 0.3) is 10.8 Å². The minimum absolute atomic E-state index is 0.0204. The molecular formula is C20H19NO4. The average molecular weight is 337 g/mol. The van der Waals surface area contributed by atoms with Gasteiger partial charge in [-0.2, -0.15) is 0 Å². The molecule has 2 aromatic carbocycles. The molecule has 5 heteroatoms. The van der Waals surface area contributed by atoms with E-state index in [-0.39, 0.29) is 5.76 Å². The van der Waals surface area contributed by atoms with E-state index in [1.165, 1.54) is 0 Å². The molecule has 0 saturated carbocycles. The number of amides is 1. The molecule has 0 aliphatic carbocycles. The minimum atomic E-state index is -0.501. The van der Waals surface area contributed by atoms with E-state index in [0.29, 0.717) is 23.7 Å². The lowest BCUT2D eigenvalue weighted by molar-refractivity contribution is 0.0922. The van der Waals surface area contributed by atoms with Gasteiger partial charge in [-0.15, -0.1) is 0 Å². The van der Waals surface area contributed by atoms with Gasteiger partial charge in [-0.25, -0.2) is 4.79 Å². The molecule has 0 spiro atoms. The van der Waals surface area contributed by atoms with Crippen molar-refractivity contribution >= 4 is 16.7 Å². The van der Waals surface area contributed by atoms with Crippen molar-refractivity contribution in [3.63, 3.8) is 0 Å². The van der Waals surface area contributed by atoms with Crippen LogP contribution in [0.3, 0.4) is 0 Å². The summed E-state index contributed by atoms with van der Waals surface area (Å²) in [6, 6.07) is 14.7. The molecule has 0 saturated heterocycles. The van der Waals surface area contributed by atoms with Gasteiger partial charge in [0.25, 0.3) is 5.91 Å². The van der Waals surface area contributed by atoms with Gasteiger partial charge in [-0.05, 0) is 48.6 Å². The monoisotopic (exact) mass is 337 g/mol. The van der Waals surface area contributed by atoms with Crippen LogP contribution in [0, 0.1) is 6.92 Å². The van der Waals surface area contributed by atoms with Gasteiger partial charge in [0.2, 0.25) is 0 Å². The molecule has 0 aliphatic heterocycles. The van der Waals surface area contributed by atoms with E-state index in [1.54, 1.807) is 19.2 Å². The molecule has 3 aromatic rings. The van der Waals surface area contributed by atoms with Gasteiger partial charge in [-0.3, -0.25) is 4.79 Å². The molecule has 0 atom stereocenters. The first kappa shape index (κ1) is 16.8. The van der Waals surface area contributed by atoms with E-state index in [4.69, 9.17) is 9.15 Å². The Hall–Kier alpha value is -3.08. The first-order valence-corrected chi connectivity index (χ1v) is 8.02. The van der Waals surface area contributed by atoms with Gasteiger partial charge >= 0.3 is 5.63 Å². The molecule has 25 heavy (non-hydrogen) atoms. The van der Waals surface area contributed by atoms with Gasteiger partial charge in [0, 0.05) is 6.54 Å². The van der Waals surface area contributed by atoms with Crippen LogP contribution in [0.4, 0.5) is 0 Å². The number of hydrogen-bond donors (Lipinski definition) is 1. The molecule has 1 heterocycles. The number of benzene rings is 2. The summed E-state index contributed by atoms with van der Waals surface area (Å²) in [6.07, 6.45) is 0.653. The zero-order valence-corrected chi connectivity index (χ0v) is 14.2. The summed E-state index contributed by atoms with van der Waals surface area (Å²) in [7, 11) is 1.62. The fourth-order valence-electron chi connectivity index (χ4n) is 2.65. The zero-order valence-electron chi connectivity index (χ0n) is 14.2. The Morgan fingerprint density at radius 1 is 1.16 bits per heavy atom. The summed E-state index contributed by atoms with van der Waals surface area (Å²) in [6.45, 7) is 2.33. The third kappa shape index (κ3) is 3.88. The second-order valence-electron chi connectivity index (χ2n) is 5.85. The summed E-state index contributed by atoms with van der Waals surface area (Å²) >= 11 is 0. The highest BCUT2D eigenvalue weighted by atomic mass is 16.5. The van der Waals surface area contributed by atoms with E-state index in [9.17, 15) is 9.59 Å². The number of aryl methyl sites for hydroxylation is 1. The van der Waals surface area contributed by atoms with E-state index < -0.39 is 11.5 Å². The second-order valence-corrected chi connectivity index (χ2v) is 5.85. The van der Waals surface area contributed by atoms with Crippen LogP contribution in [0.1, 0.15) is 21.7 Å². The molecule has 1 N–H and O–H groups in total.